The molecule has 1 amide bonds. The molecule has 0 atom stereocenters. The number of thioether (sulfide) groups is 1. The molecule has 1 heterocycles. The first-order valence-electron chi connectivity index (χ1n) is 10.3. The molecule has 1 aromatic heterocycles. The number of nitrogens with one attached hydrogen (secondary N) is 1. The van der Waals surface area contributed by atoms with E-state index in [0.29, 0.717) is 48.8 Å². The number of aromatic nitrogens is 1. The van der Waals surface area contributed by atoms with E-state index in [9.17, 15) is 9.59 Å². The minimum Gasteiger partial charge on any atom is -0.382 e. The van der Waals surface area contributed by atoms with Crippen LogP contribution in [0.15, 0.2) is 53.5 Å². The summed E-state index contributed by atoms with van der Waals surface area (Å²) in [6, 6.07) is 13.0. The summed E-state index contributed by atoms with van der Waals surface area (Å²) in [4.78, 5) is 31.3. The Labute approximate surface area is 196 Å². The van der Waals surface area contributed by atoms with Crippen LogP contribution in [0.1, 0.15) is 21.5 Å². The molecule has 0 saturated heterocycles. The third kappa shape index (κ3) is 6.36. The first kappa shape index (κ1) is 24.3. The summed E-state index contributed by atoms with van der Waals surface area (Å²) < 4.78 is 10.6. The van der Waals surface area contributed by atoms with Crippen molar-refractivity contribution in [2.75, 3.05) is 39.7 Å². The third-order valence-electron chi connectivity index (χ3n) is 5.00. The molecule has 3 aromatic rings. The van der Waals surface area contributed by atoms with Crippen molar-refractivity contribution in [1.82, 2.24) is 9.88 Å². The Morgan fingerprint density at radius 3 is 2.56 bits per heavy atom. The van der Waals surface area contributed by atoms with E-state index in [1.807, 2.05) is 36.6 Å². The highest BCUT2D eigenvalue weighted by molar-refractivity contribution is 7.97. The van der Waals surface area contributed by atoms with E-state index in [2.05, 4.69) is 4.98 Å². The van der Waals surface area contributed by atoms with Crippen LogP contribution < -0.4 is 5.43 Å². The Morgan fingerprint density at radius 2 is 1.84 bits per heavy atom. The summed E-state index contributed by atoms with van der Waals surface area (Å²) in [7, 11) is 1.61. The summed E-state index contributed by atoms with van der Waals surface area (Å²) in [6.07, 6.45) is 3.51. The smallest absolute Gasteiger partial charge is 0.259 e. The maximum absolute atomic E-state index is 13.4. The van der Waals surface area contributed by atoms with Gasteiger partial charge in [0.2, 0.25) is 5.43 Å². The molecule has 6 nitrogen and oxygen atoms in total. The quantitative estimate of drug-likeness (QED) is 0.418. The zero-order valence-corrected chi connectivity index (χ0v) is 19.8. The molecule has 0 aliphatic carbocycles. The van der Waals surface area contributed by atoms with Crippen LogP contribution >= 0.6 is 23.4 Å². The zero-order chi connectivity index (χ0) is 22.9. The summed E-state index contributed by atoms with van der Waals surface area (Å²) in [5, 5.41) is 1.15. The second-order valence-electron chi connectivity index (χ2n) is 7.30. The number of halogens is 1. The summed E-state index contributed by atoms with van der Waals surface area (Å²) in [5.41, 5.74) is 2.52. The maximum atomic E-state index is 13.4. The topological polar surface area (TPSA) is 71.6 Å². The Balaban J connectivity index is 1.87. The number of hydrogen-bond acceptors (Lipinski definition) is 5. The first-order chi connectivity index (χ1) is 15.5. The predicted octanol–water partition coefficient (Wildman–Crippen LogP) is 4.35. The van der Waals surface area contributed by atoms with Gasteiger partial charge in [-0.15, -0.1) is 0 Å². The van der Waals surface area contributed by atoms with Gasteiger partial charge in [-0.3, -0.25) is 9.59 Å². The van der Waals surface area contributed by atoms with Gasteiger partial charge in [0.1, 0.15) is 5.56 Å². The summed E-state index contributed by atoms with van der Waals surface area (Å²) in [5.74, 6) is 0.461. The molecule has 0 unspecified atom stereocenters. The van der Waals surface area contributed by atoms with E-state index < -0.39 is 0 Å². The van der Waals surface area contributed by atoms with Crippen LogP contribution in [0.2, 0.25) is 5.02 Å². The molecule has 0 fully saturated rings. The number of aromatic amines is 1. The number of H-pyrrole nitrogens is 1. The van der Waals surface area contributed by atoms with E-state index in [1.54, 1.807) is 35.9 Å². The zero-order valence-electron chi connectivity index (χ0n) is 18.2. The van der Waals surface area contributed by atoms with E-state index in [1.165, 1.54) is 6.20 Å². The summed E-state index contributed by atoms with van der Waals surface area (Å²) in [6.45, 7) is 1.94. The molecule has 3 rings (SSSR count). The second-order valence-corrected chi connectivity index (χ2v) is 8.61. The molecule has 0 bridgehead atoms. The third-order valence-corrected chi connectivity index (χ3v) is 5.87. The molecular formula is C24H27ClN2O4S. The van der Waals surface area contributed by atoms with Gasteiger partial charge in [0.15, 0.2) is 0 Å². The van der Waals surface area contributed by atoms with Gasteiger partial charge >= 0.3 is 0 Å². The average Bonchev–Trinajstić information content (AvgIpc) is 2.80. The van der Waals surface area contributed by atoms with E-state index in [-0.39, 0.29) is 16.9 Å². The molecule has 0 aliphatic rings. The molecule has 8 heteroatoms. The highest BCUT2D eigenvalue weighted by Crippen LogP contribution is 2.17. The number of carbonyl (C=O) groups is 1. The van der Waals surface area contributed by atoms with E-state index >= 15 is 0 Å². The highest BCUT2D eigenvalue weighted by Gasteiger charge is 2.20. The van der Waals surface area contributed by atoms with Crippen molar-refractivity contribution in [3.8, 4) is 0 Å². The lowest BCUT2D eigenvalue weighted by atomic mass is 10.1. The van der Waals surface area contributed by atoms with Gasteiger partial charge in [0.25, 0.3) is 5.91 Å². The summed E-state index contributed by atoms with van der Waals surface area (Å²) >= 11 is 7.67. The van der Waals surface area contributed by atoms with Crippen LogP contribution in [0.3, 0.4) is 0 Å². The lowest BCUT2D eigenvalue weighted by Gasteiger charge is -2.23. The number of ether oxygens (including phenoxy) is 2. The molecule has 1 N–H and O–H groups in total. The number of methoxy groups -OCH3 is 1. The van der Waals surface area contributed by atoms with Crippen molar-refractivity contribution in [2.24, 2.45) is 0 Å². The van der Waals surface area contributed by atoms with Crippen molar-refractivity contribution in [2.45, 2.75) is 12.3 Å². The van der Waals surface area contributed by atoms with Crippen LogP contribution in [-0.4, -0.2) is 55.5 Å². The fourth-order valence-electron chi connectivity index (χ4n) is 3.33. The van der Waals surface area contributed by atoms with Crippen LogP contribution in [0.25, 0.3) is 10.9 Å². The minimum atomic E-state index is -0.339. The number of nitrogens with zero attached hydrogens (tertiary/aromatic N) is 1. The van der Waals surface area contributed by atoms with Crippen LogP contribution in [0, 0.1) is 0 Å². The van der Waals surface area contributed by atoms with Gasteiger partial charge in [-0.1, -0.05) is 29.8 Å². The molecular weight excluding hydrogens is 448 g/mol. The molecule has 170 valence electrons. The Kier molecular flexibility index (Phi) is 9.17. The monoisotopic (exact) mass is 474 g/mol. The minimum absolute atomic E-state index is 0.115. The predicted molar refractivity (Wildman–Crippen MR) is 131 cm³/mol. The van der Waals surface area contributed by atoms with Gasteiger partial charge in [0, 0.05) is 48.1 Å². The first-order valence-corrected chi connectivity index (χ1v) is 12.0. The Bertz CT molecular complexity index is 1100. The molecule has 2 aromatic carbocycles. The fourth-order valence-corrected chi connectivity index (χ4v) is 3.97. The number of hydrogen-bond donors (Lipinski definition) is 1. The van der Waals surface area contributed by atoms with E-state index in [0.717, 1.165) is 16.9 Å². The molecule has 0 spiro atoms. The van der Waals surface area contributed by atoms with Crippen LogP contribution in [0.4, 0.5) is 0 Å². The lowest BCUT2D eigenvalue weighted by Crippen LogP contribution is -2.36. The number of fused-ring (bicyclic) bond motifs is 1. The molecule has 0 radical (unpaired) electrons. The van der Waals surface area contributed by atoms with Crippen molar-refractivity contribution in [3.05, 3.63) is 80.6 Å². The van der Waals surface area contributed by atoms with E-state index in [4.69, 9.17) is 21.1 Å². The van der Waals surface area contributed by atoms with Gasteiger partial charge in [-0.2, -0.15) is 11.8 Å². The van der Waals surface area contributed by atoms with Crippen molar-refractivity contribution < 1.29 is 14.3 Å². The van der Waals surface area contributed by atoms with Crippen molar-refractivity contribution in [3.63, 3.8) is 0 Å². The van der Waals surface area contributed by atoms with Gasteiger partial charge < -0.3 is 19.4 Å². The maximum Gasteiger partial charge on any atom is 0.259 e. The molecule has 0 saturated carbocycles. The number of carbonyl (C=O) groups excluding carboxylic acids is 1. The number of rotatable bonds is 11. The number of benzene rings is 2. The van der Waals surface area contributed by atoms with Crippen LogP contribution in [0.5, 0.6) is 0 Å². The second kappa shape index (κ2) is 12.1. The molecule has 32 heavy (non-hydrogen) atoms. The number of amides is 1. The van der Waals surface area contributed by atoms with Gasteiger partial charge in [0.05, 0.1) is 19.8 Å². The van der Waals surface area contributed by atoms with Crippen molar-refractivity contribution >= 4 is 40.2 Å². The van der Waals surface area contributed by atoms with Crippen molar-refractivity contribution in [1.29, 1.82) is 0 Å². The number of pyridine rings is 1. The van der Waals surface area contributed by atoms with Gasteiger partial charge in [-0.25, -0.2) is 0 Å². The normalized spacial score (nSPS) is 11.1. The van der Waals surface area contributed by atoms with Gasteiger partial charge in [-0.05, 0) is 41.6 Å². The van der Waals surface area contributed by atoms with Crippen LogP contribution in [-0.2, 0) is 21.8 Å². The largest absolute Gasteiger partial charge is 0.382 e. The Hall–Kier alpha value is -2.32. The average molecular weight is 475 g/mol. The highest BCUT2D eigenvalue weighted by atomic mass is 35.5. The Morgan fingerprint density at radius 1 is 1.09 bits per heavy atom. The fraction of sp³-hybridized carbons (Fsp3) is 0.333. The SMILES string of the molecule is COCCOCCN(Cc1ccc(Cl)cc1)C(=O)c1c[nH]c2ccc(CSC)cc2c1=O. The molecule has 0 aliphatic heterocycles. The lowest BCUT2D eigenvalue weighted by molar-refractivity contribution is 0.0476. The standard InChI is InChI=1S/C24H27ClN2O4S/c1-30-11-12-31-10-9-27(15-17-3-6-19(25)7-4-17)24(29)21-14-26-22-8-5-18(16-32-2)13-20(22)23(21)28/h3-8,13-14H,9-12,15-16H2,1-2H3,(H,26,28).